The van der Waals surface area contributed by atoms with Gasteiger partial charge in [-0.25, -0.2) is 4.98 Å². The lowest BCUT2D eigenvalue weighted by atomic mass is 9.91. The first-order chi connectivity index (χ1) is 14.3. The first-order valence-electron chi connectivity index (χ1n) is 9.39. The van der Waals surface area contributed by atoms with Crippen LogP contribution in [-0.2, 0) is 13.6 Å². The predicted octanol–water partition coefficient (Wildman–Crippen LogP) is 4.17. The Bertz CT molecular complexity index is 1020. The summed E-state index contributed by atoms with van der Waals surface area (Å²) in [5, 5.41) is 3.99. The van der Waals surface area contributed by atoms with Crippen molar-refractivity contribution in [1.29, 1.82) is 0 Å². The molecule has 10 heteroatoms. The van der Waals surface area contributed by atoms with Gasteiger partial charge in [0.1, 0.15) is 17.1 Å². The van der Waals surface area contributed by atoms with Crippen LogP contribution in [0.1, 0.15) is 35.5 Å². The summed E-state index contributed by atoms with van der Waals surface area (Å²) in [6, 6.07) is 7.14. The number of hydrogen-bond acceptors (Lipinski definition) is 5. The van der Waals surface area contributed by atoms with Gasteiger partial charge in [-0.05, 0) is 43.5 Å². The van der Waals surface area contributed by atoms with Gasteiger partial charge >= 0.3 is 6.36 Å². The molecule has 0 bridgehead atoms. The molecule has 0 spiro atoms. The van der Waals surface area contributed by atoms with E-state index in [-0.39, 0.29) is 24.2 Å². The molecule has 158 valence electrons. The van der Waals surface area contributed by atoms with Crippen molar-refractivity contribution in [2.75, 3.05) is 0 Å². The molecule has 2 aromatic heterocycles. The monoisotopic (exact) mass is 420 g/mol. The second-order valence-electron chi connectivity index (χ2n) is 7.19. The molecule has 2 heterocycles. The van der Waals surface area contributed by atoms with Crippen molar-refractivity contribution in [3.63, 3.8) is 0 Å². The number of ether oxygens (including phenoxy) is 1. The minimum Gasteiger partial charge on any atom is -0.406 e. The number of rotatable bonds is 6. The molecule has 1 aromatic carbocycles. The highest BCUT2D eigenvalue weighted by Gasteiger charge is 2.32. The van der Waals surface area contributed by atoms with E-state index >= 15 is 0 Å². The van der Waals surface area contributed by atoms with E-state index in [1.807, 2.05) is 0 Å². The van der Waals surface area contributed by atoms with E-state index in [2.05, 4.69) is 14.9 Å². The van der Waals surface area contributed by atoms with Gasteiger partial charge in [-0.2, -0.15) is 0 Å². The number of imidazole rings is 1. The van der Waals surface area contributed by atoms with Gasteiger partial charge < -0.3 is 18.7 Å². The van der Waals surface area contributed by atoms with Gasteiger partial charge in [-0.3, -0.25) is 4.79 Å². The van der Waals surface area contributed by atoms with Crippen LogP contribution in [-0.4, -0.2) is 37.9 Å². The topological polar surface area (TPSA) is 73.4 Å². The standard InChI is InChI=1S/C20H19F3N4O3/c1-26-11-18(24-12-26)19(28)27(14-3-2-4-14)10-16-9-17(25-30-16)13-5-7-15(8-6-13)29-20(21,22)23/h5-9,11-12,14H,2-4,10H2,1H3. The van der Waals surface area contributed by atoms with E-state index in [4.69, 9.17) is 4.52 Å². The maximum atomic E-state index is 12.9. The summed E-state index contributed by atoms with van der Waals surface area (Å²) in [5.74, 6) is -0.00390. The minimum atomic E-state index is -4.74. The molecule has 0 saturated heterocycles. The first-order valence-corrected chi connectivity index (χ1v) is 9.39. The number of hydrogen-bond donors (Lipinski definition) is 0. The number of aromatic nitrogens is 3. The van der Waals surface area contributed by atoms with Crippen LogP contribution in [0.25, 0.3) is 11.3 Å². The van der Waals surface area contributed by atoms with Crippen molar-refractivity contribution in [1.82, 2.24) is 19.6 Å². The van der Waals surface area contributed by atoms with Crippen LogP contribution in [0.5, 0.6) is 5.75 Å². The summed E-state index contributed by atoms with van der Waals surface area (Å²) in [7, 11) is 1.80. The van der Waals surface area contributed by atoms with Crippen molar-refractivity contribution < 1.29 is 27.2 Å². The SMILES string of the molecule is Cn1cnc(C(=O)N(Cc2cc(-c3ccc(OC(F)(F)F)cc3)no2)C2CCC2)c1. The van der Waals surface area contributed by atoms with E-state index in [1.165, 1.54) is 24.3 Å². The van der Waals surface area contributed by atoms with Gasteiger partial charge in [0.2, 0.25) is 0 Å². The zero-order chi connectivity index (χ0) is 21.3. The predicted molar refractivity (Wildman–Crippen MR) is 99.3 cm³/mol. The quantitative estimate of drug-likeness (QED) is 0.599. The summed E-state index contributed by atoms with van der Waals surface area (Å²) < 4.78 is 47.8. The lowest BCUT2D eigenvalue weighted by Gasteiger charge is -2.36. The summed E-state index contributed by atoms with van der Waals surface area (Å²) in [4.78, 5) is 18.8. The van der Waals surface area contributed by atoms with E-state index in [0.717, 1.165) is 19.3 Å². The fourth-order valence-corrected chi connectivity index (χ4v) is 3.25. The Labute approximate surface area is 170 Å². The molecule has 1 fully saturated rings. The van der Waals surface area contributed by atoms with Crippen molar-refractivity contribution in [3.05, 3.63) is 54.3 Å². The molecule has 4 rings (SSSR count). The lowest BCUT2D eigenvalue weighted by Crippen LogP contribution is -2.43. The third-order valence-corrected chi connectivity index (χ3v) is 4.97. The van der Waals surface area contributed by atoms with Crippen molar-refractivity contribution in [2.24, 2.45) is 7.05 Å². The number of carbonyl (C=O) groups is 1. The number of benzene rings is 1. The molecule has 1 amide bonds. The Hall–Kier alpha value is -3.30. The van der Waals surface area contributed by atoms with Gasteiger partial charge in [0.25, 0.3) is 5.91 Å². The highest BCUT2D eigenvalue weighted by molar-refractivity contribution is 5.92. The number of aryl methyl sites for hydroxylation is 1. The normalized spacial score (nSPS) is 14.4. The average Bonchev–Trinajstić information content (AvgIpc) is 3.27. The number of nitrogens with zero attached hydrogens (tertiary/aromatic N) is 4. The zero-order valence-corrected chi connectivity index (χ0v) is 16.1. The minimum absolute atomic E-state index is 0.117. The molecular formula is C20H19F3N4O3. The zero-order valence-electron chi connectivity index (χ0n) is 16.1. The van der Waals surface area contributed by atoms with Crippen LogP contribution in [0.15, 0.2) is 47.4 Å². The molecule has 0 aliphatic heterocycles. The Morgan fingerprint density at radius 2 is 2.03 bits per heavy atom. The lowest BCUT2D eigenvalue weighted by molar-refractivity contribution is -0.274. The number of halogens is 3. The summed E-state index contributed by atoms with van der Waals surface area (Å²) in [6.45, 7) is 0.238. The van der Waals surface area contributed by atoms with E-state index < -0.39 is 6.36 Å². The van der Waals surface area contributed by atoms with Gasteiger partial charge in [0.15, 0.2) is 5.76 Å². The van der Waals surface area contributed by atoms with Crippen LogP contribution >= 0.6 is 0 Å². The largest absolute Gasteiger partial charge is 0.573 e. The Kier molecular flexibility index (Phi) is 5.23. The van der Waals surface area contributed by atoms with Crippen LogP contribution < -0.4 is 4.74 Å². The Morgan fingerprint density at radius 1 is 1.30 bits per heavy atom. The highest BCUT2D eigenvalue weighted by Crippen LogP contribution is 2.30. The number of alkyl halides is 3. The second-order valence-corrected chi connectivity index (χ2v) is 7.19. The first kappa shape index (κ1) is 20.0. The molecule has 0 N–H and O–H groups in total. The molecule has 30 heavy (non-hydrogen) atoms. The van der Waals surface area contributed by atoms with Crippen LogP contribution in [0.4, 0.5) is 13.2 Å². The second kappa shape index (κ2) is 7.85. The number of carbonyl (C=O) groups excluding carboxylic acids is 1. The van der Waals surface area contributed by atoms with Crippen LogP contribution in [0.3, 0.4) is 0 Å². The molecular weight excluding hydrogens is 401 g/mol. The average molecular weight is 420 g/mol. The van der Waals surface area contributed by atoms with Gasteiger partial charge in [0, 0.05) is 30.9 Å². The Balaban J connectivity index is 1.49. The van der Waals surface area contributed by atoms with Crippen molar-refractivity contribution >= 4 is 5.91 Å². The molecule has 1 saturated carbocycles. The van der Waals surface area contributed by atoms with Gasteiger partial charge in [-0.15, -0.1) is 13.2 Å². The molecule has 3 aromatic rings. The smallest absolute Gasteiger partial charge is 0.406 e. The van der Waals surface area contributed by atoms with Gasteiger partial charge in [-0.1, -0.05) is 5.16 Å². The molecule has 0 radical (unpaired) electrons. The maximum Gasteiger partial charge on any atom is 0.573 e. The summed E-state index contributed by atoms with van der Waals surface area (Å²) in [6.07, 6.45) is 1.40. The molecule has 7 nitrogen and oxygen atoms in total. The van der Waals surface area contributed by atoms with Crippen LogP contribution in [0.2, 0.25) is 0 Å². The van der Waals surface area contributed by atoms with Crippen molar-refractivity contribution in [2.45, 2.75) is 38.2 Å². The maximum absolute atomic E-state index is 12.9. The van der Waals surface area contributed by atoms with Crippen LogP contribution in [0, 0.1) is 0 Å². The molecule has 0 unspecified atom stereocenters. The number of amides is 1. The summed E-state index contributed by atoms with van der Waals surface area (Å²) >= 11 is 0. The molecule has 0 atom stereocenters. The van der Waals surface area contributed by atoms with E-state index in [0.29, 0.717) is 22.7 Å². The third kappa shape index (κ3) is 4.47. The fraction of sp³-hybridized carbons (Fsp3) is 0.350. The Morgan fingerprint density at radius 3 is 2.60 bits per heavy atom. The van der Waals surface area contributed by atoms with E-state index in [9.17, 15) is 18.0 Å². The van der Waals surface area contributed by atoms with E-state index in [1.54, 1.807) is 35.1 Å². The fourth-order valence-electron chi connectivity index (χ4n) is 3.25. The van der Waals surface area contributed by atoms with Gasteiger partial charge in [0.05, 0.1) is 12.9 Å². The molecule has 1 aliphatic rings. The summed E-state index contributed by atoms with van der Waals surface area (Å²) in [5.41, 5.74) is 1.40. The third-order valence-electron chi connectivity index (χ3n) is 4.97. The molecule has 1 aliphatic carbocycles. The highest BCUT2D eigenvalue weighted by atomic mass is 19.4. The van der Waals surface area contributed by atoms with Crippen molar-refractivity contribution in [3.8, 4) is 17.0 Å².